The lowest BCUT2D eigenvalue weighted by atomic mass is 9.99. The number of aliphatic hydroxyl groups is 1. The Bertz CT molecular complexity index is 1040. The molecule has 0 saturated carbocycles. The third kappa shape index (κ3) is 3.95. The molecule has 1 saturated heterocycles. The number of benzene rings is 1. The molecule has 2 amide bonds. The SMILES string of the molecule is O=C(NCCO)c1cc([C@H]2CCN(C(=O)c3ccncc3)C2)nc2ccccc12. The van der Waals surface area contributed by atoms with Crippen molar-refractivity contribution in [3.63, 3.8) is 0 Å². The molecule has 148 valence electrons. The van der Waals surface area contributed by atoms with E-state index in [-0.39, 0.29) is 30.9 Å². The standard InChI is InChI=1S/C22H22N4O3/c27-12-10-24-21(28)18-13-20(25-19-4-2-1-3-17(18)19)16-7-11-26(14-16)22(29)15-5-8-23-9-6-15/h1-6,8-9,13,16,27H,7,10-12,14H2,(H,24,28)/t16-/m0/s1. The van der Waals surface area contributed by atoms with Gasteiger partial charge in [-0.2, -0.15) is 0 Å². The average Bonchev–Trinajstić information content (AvgIpc) is 3.27. The number of aliphatic hydroxyl groups excluding tert-OH is 1. The van der Waals surface area contributed by atoms with Gasteiger partial charge >= 0.3 is 0 Å². The lowest BCUT2D eigenvalue weighted by Crippen LogP contribution is -2.28. The molecule has 3 heterocycles. The third-order valence-electron chi connectivity index (χ3n) is 5.20. The van der Waals surface area contributed by atoms with Crippen LogP contribution in [0.1, 0.15) is 38.7 Å². The predicted molar refractivity (Wildman–Crippen MR) is 109 cm³/mol. The quantitative estimate of drug-likeness (QED) is 0.695. The molecule has 3 aromatic rings. The monoisotopic (exact) mass is 390 g/mol. The number of hydrogen-bond acceptors (Lipinski definition) is 5. The maximum atomic E-state index is 12.7. The molecule has 0 aliphatic carbocycles. The van der Waals surface area contributed by atoms with Gasteiger partial charge in [0, 0.05) is 54.6 Å². The minimum absolute atomic E-state index is 0.0170. The molecular formula is C22H22N4O3. The summed E-state index contributed by atoms with van der Waals surface area (Å²) in [5.41, 5.74) is 2.72. The first-order valence-corrected chi connectivity index (χ1v) is 9.65. The number of carbonyl (C=O) groups excluding carboxylic acids is 2. The Morgan fingerprint density at radius 1 is 1.17 bits per heavy atom. The number of fused-ring (bicyclic) bond motifs is 1. The molecule has 1 aromatic carbocycles. The van der Waals surface area contributed by atoms with E-state index in [4.69, 9.17) is 10.1 Å². The normalized spacial score (nSPS) is 16.2. The first-order valence-electron chi connectivity index (χ1n) is 9.65. The van der Waals surface area contributed by atoms with Crippen molar-refractivity contribution >= 4 is 22.7 Å². The van der Waals surface area contributed by atoms with Crippen LogP contribution in [-0.2, 0) is 0 Å². The van der Waals surface area contributed by atoms with Gasteiger partial charge in [-0.15, -0.1) is 0 Å². The van der Waals surface area contributed by atoms with E-state index in [1.165, 1.54) is 0 Å². The number of pyridine rings is 2. The van der Waals surface area contributed by atoms with Crippen LogP contribution in [-0.4, -0.2) is 58.0 Å². The molecule has 2 N–H and O–H groups in total. The minimum Gasteiger partial charge on any atom is -0.395 e. The van der Waals surface area contributed by atoms with Crippen LogP contribution < -0.4 is 5.32 Å². The molecule has 1 fully saturated rings. The van der Waals surface area contributed by atoms with Crippen LogP contribution in [0.3, 0.4) is 0 Å². The van der Waals surface area contributed by atoms with E-state index < -0.39 is 0 Å². The van der Waals surface area contributed by atoms with Gasteiger partial charge in [-0.1, -0.05) is 18.2 Å². The number of rotatable bonds is 5. The molecule has 0 spiro atoms. The lowest BCUT2D eigenvalue weighted by Gasteiger charge is -2.17. The zero-order valence-electron chi connectivity index (χ0n) is 15.9. The molecule has 0 radical (unpaired) electrons. The van der Waals surface area contributed by atoms with Crippen molar-refractivity contribution in [3.05, 3.63) is 71.7 Å². The number of hydrogen-bond donors (Lipinski definition) is 2. The summed E-state index contributed by atoms with van der Waals surface area (Å²) in [6.07, 6.45) is 4.02. The van der Waals surface area contributed by atoms with Crippen molar-refractivity contribution in [1.82, 2.24) is 20.2 Å². The molecule has 1 atom stereocenters. The van der Waals surface area contributed by atoms with Gasteiger partial charge in [0.15, 0.2) is 0 Å². The van der Waals surface area contributed by atoms with Gasteiger partial charge in [0.2, 0.25) is 0 Å². The molecule has 0 bridgehead atoms. The second-order valence-electron chi connectivity index (χ2n) is 7.06. The highest BCUT2D eigenvalue weighted by molar-refractivity contribution is 6.06. The second kappa shape index (κ2) is 8.36. The Morgan fingerprint density at radius 2 is 1.97 bits per heavy atom. The Balaban J connectivity index is 1.61. The van der Waals surface area contributed by atoms with E-state index in [1.807, 2.05) is 35.2 Å². The van der Waals surface area contributed by atoms with Crippen molar-refractivity contribution in [3.8, 4) is 0 Å². The van der Waals surface area contributed by atoms with Gasteiger partial charge in [-0.05, 0) is 30.7 Å². The predicted octanol–water partition coefficient (Wildman–Crippen LogP) is 1.98. The van der Waals surface area contributed by atoms with E-state index >= 15 is 0 Å². The molecule has 2 aromatic heterocycles. The maximum Gasteiger partial charge on any atom is 0.253 e. The maximum absolute atomic E-state index is 12.7. The molecule has 1 aliphatic rings. The first-order chi connectivity index (χ1) is 14.2. The fraction of sp³-hybridized carbons (Fsp3) is 0.273. The fourth-order valence-corrected chi connectivity index (χ4v) is 3.72. The number of carbonyl (C=O) groups is 2. The van der Waals surface area contributed by atoms with Crippen LogP contribution in [0, 0.1) is 0 Å². The summed E-state index contributed by atoms with van der Waals surface area (Å²) in [5.74, 6) is -0.187. The number of amides is 2. The molecule has 1 aliphatic heterocycles. The van der Waals surface area contributed by atoms with Crippen molar-refractivity contribution in [2.45, 2.75) is 12.3 Å². The zero-order valence-corrected chi connectivity index (χ0v) is 15.9. The van der Waals surface area contributed by atoms with E-state index in [1.54, 1.807) is 24.5 Å². The summed E-state index contributed by atoms with van der Waals surface area (Å²) in [6.45, 7) is 1.29. The Labute approximate surface area is 168 Å². The molecule has 29 heavy (non-hydrogen) atoms. The number of nitrogens with zero attached hydrogens (tertiary/aromatic N) is 3. The third-order valence-corrected chi connectivity index (χ3v) is 5.20. The van der Waals surface area contributed by atoms with E-state index in [0.717, 1.165) is 23.0 Å². The van der Waals surface area contributed by atoms with Crippen molar-refractivity contribution in [2.75, 3.05) is 26.2 Å². The van der Waals surface area contributed by atoms with Crippen LogP contribution >= 0.6 is 0 Å². The van der Waals surface area contributed by atoms with Gasteiger partial charge in [-0.25, -0.2) is 0 Å². The minimum atomic E-state index is -0.235. The summed E-state index contributed by atoms with van der Waals surface area (Å²) in [4.78, 5) is 35.9. The smallest absolute Gasteiger partial charge is 0.253 e. The summed E-state index contributed by atoms with van der Waals surface area (Å²) in [5, 5.41) is 12.5. The summed E-state index contributed by atoms with van der Waals surface area (Å²) in [6, 6.07) is 12.8. The molecular weight excluding hydrogens is 368 g/mol. The molecule has 0 unspecified atom stereocenters. The highest BCUT2D eigenvalue weighted by Crippen LogP contribution is 2.30. The fourth-order valence-electron chi connectivity index (χ4n) is 3.72. The van der Waals surface area contributed by atoms with Crippen LogP contribution in [0.15, 0.2) is 54.9 Å². The summed E-state index contributed by atoms with van der Waals surface area (Å²) >= 11 is 0. The van der Waals surface area contributed by atoms with E-state index in [9.17, 15) is 9.59 Å². The van der Waals surface area contributed by atoms with E-state index in [2.05, 4.69) is 10.3 Å². The van der Waals surface area contributed by atoms with Crippen LogP contribution in [0.4, 0.5) is 0 Å². The Kier molecular flexibility index (Phi) is 5.48. The van der Waals surface area contributed by atoms with Crippen molar-refractivity contribution in [2.24, 2.45) is 0 Å². The average molecular weight is 390 g/mol. The van der Waals surface area contributed by atoms with Gasteiger partial charge in [0.25, 0.3) is 11.8 Å². The van der Waals surface area contributed by atoms with E-state index in [0.29, 0.717) is 24.2 Å². The molecule has 7 heteroatoms. The van der Waals surface area contributed by atoms with Gasteiger partial charge in [-0.3, -0.25) is 19.6 Å². The second-order valence-corrected chi connectivity index (χ2v) is 7.06. The van der Waals surface area contributed by atoms with Crippen LogP contribution in [0.25, 0.3) is 10.9 Å². The van der Waals surface area contributed by atoms with Crippen LogP contribution in [0.5, 0.6) is 0 Å². The van der Waals surface area contributed by atoms with Crippen molar-refractivity contribution in [1.29, 1.82) is 0 Å². The van der Waals surface area contributed by atoms with Gasteiger partial charge < -0.3 is 15.3 Å². The molecule has 7 nitrogen and oxygen atoms in total. The first kappa shape index (κ1) is 19.0. The zero-order chi connectivity index (χ0) is 20.2. The molecule has 4 rings (SSSR count). The number of aromatic nitrogens is 2. The van der Waals surface area contributed by atoms with Gasteiger partial charge in [0.05, 0.1) is 17.7 Å². The number of para-hydroxylation sites is 1. The Morgan fingerprint density at radius 3 is 2.76 bits per heavy atom. The van der Waals surface area contributed by atoms with Gasteiger partial charge in [0.1, 0.15) is 0 Å². The number of nitrogens with one attached hydrogen (secondary N) is 1. The van der Waals surface area contributed by atoms with Crippen molar-refractivity contribution < 1.29 is 14.7 Å². The summed E-state index contributed by atoms with van der Waals surface area (Å²) in [7, 11) is 0. The largest absolute Gasteiger partial charge is 0.395 e. The highest BCUT2D eigenvalue weighted by Gasteiger charge is 2.29. The topological polar surface area (TPSA) is 95.4 Å². The number of likely N-dealkylation sites (tertiary alicyclic amines) is 1. The van der Waals surface area contributed by atoms with Crippen LogP contribution in [0.2, 0.25) is 0 Å². The summed E-state index contributed by atoms with van der Waals surface area (Å²) < 4.78 is 0. The highest BCUT2D eigenvalue weighted by atomic mass is 16.3. The lowest BCUT2D eigenvalue weighted by molar-refractivity contribution is 0.0790. The Hall–Kier alpha value is -3.32.